The molecule has 0 saturated heterocycles. The first-order valence-electron chi connectivity index (χ1n) is 4.72. The van der Waals surface area contributed by atoms with Gasteiger partial charge in [0.25, 0.3) is 0 Å². The molecular weight excluding hydrogens is 181 g/mol. The Morgan fingerprint density at radius 3 is 3.00 bits per heavy atom. The van der Waals surface area contributed by atoms with Crippen LogP contribution in [0.2, 0.25) is 0 Å². The summed E-state index contributed by atoms with van der Waals surface area (Å²) in [4.78, 5) is 7.12. The van der Waals surface area contributed by atoms with Crippen molar-refractivity contribution in [3.8, 4) is 0 Å². The molecule has 1 aromatic heterocycles. The van der Waals surface area contributed by atoms with Gasteiger partial charge < -0.3 is 4.98 Å². The van der Waals surface area contributed by atoms with Crippen molar-refractivity contribution in [2.45, 2.75) is 32.7 Å². The third-order valence-corrected chi connectivity index (χ3v) is 2.89. The lowest BCUT2D eigenvalue weighted by Crippen LogP contribution is -2.26. The van der Waals surface area contributed by atoms with Crippen LogP contribution in [0.5, 0.6) is 0 Å². The zero-order valence-corrected chi connectivity index (χ0v) is 9.48. The average molecular weight is 199 g/mol. The molecule has 0 aliphatic carbocycles. The molecule has 0 fully saturated rings. The Labute approximate surface area is 82.2 Å². The minimum absolute atomic E-state index is 0.547. The molecule has 2 atom stereocenters. The van der Waals surface area contributed by atoms with Crippen LogP contribution < -0.4 is 0 Å². The number of imidazole rings is 1. The molecule has 13 heavy (non-hydrogen) atoms. The molecule has 0 radical (unpaired) electrons. The van der Waals surface area contributed by atoms with Crippen molar-refractivity contribution in [3.05, 3.63) is 18.2 Å². The van der Waals surface area contributed by atoms with Crippen LogP contribution in [-0.4, -0.2) is 27.2 Å². The first-order valence-corrected chi connectivity index (χ1v) is 5.24. The van der Waals surface area contributed by atoms with Crippen LogP contribution >= 0.6 is 9.39 Å². The normalized spacial score (nSPS) is 13.5. The van der Waals surface area contributed by atoms with Crippen molar-refractivity contribution < 1.29 is 0 Å². The van der Waals surface area contributed by atoms with E-state index >= 15 is 0 Å². The SMILES string of the molecule is CCCN(P)C(C)Cc1cnc[nH]1. The van der Waals surface area contributed by atoms with E-state index in [9.17, 15) is 0 Å². The van der Waals surface area contributed by atoms with E-state index < -0.39 is 0 Å². The predicted octanol–water partition coefficient (Wildman–Crippen LogP) is 1.84. The van der Waals surface area contributed by atoms with Crippen LogP contribution in [0.3, 0.4) is 0 Å². The molecule has 0 aliphatic heterocycles. The highest BCUT2D eigenvalue weighted by Crippen LogP contribution is 2.10. The van der Waals surface area contributed by atoms with Crippen LogP contribution in [0.25, 0.3) is 0 Å². The highest BCUT2D eigenvalue weighted by Gasteiger charge is 2.09. The largest absolute Gasteiger partial charge is 0.348 e. The van der Waals surface area contributed by atoms with E-state index in [0.717, 1.165) is 13.0 Å². The number of rotatable bonds is 5. The van der Waals surface area contributed by atoms with Crippen molar-refractivity contribution in [3.63, 3.8) is 0 Å². The fraction of sp³-hybridized carbons (Fsp3) is 0.667. The summed E-state index contributed by atoms with van der Waals surface area (Å²) in [6.45, 7) is 5.55. The highest BCUT2D eigenvalue weighted by atomic mass is 31.0. The van der Waals surface area contributed by atoms with E-state index in [1.807, 2.05) is 6.20 Å². The maximum Gasteiger partial charge on any atom is 0.0921 e. The van der Waals surface area contributed by atoms with Crippen molar-refractivity contribution in [1.82, 2.24) is 14.6 Å². The number of aromatic amines is 1. The summed E-state index contributed by atoms with van der Waals surface area (Å²) in [5.74, 6) is 0. The van der Waals surface area contributed by atoms with E-state index in [0.29, 0.717) is 6.04 Å². The Morgan fingerprint density at radius 1 is 1.69 bits per heavy atom. The maximum absolute atomic E-state index is 4.00. The van der Waals surface area contributed by atoms with Crippen LogP contribution in [0.15, 0.2) is 12.5 Å². The number of hydrogen-bond donors (Lipinski definition) is 1. The fourth-order valence-electron chi connectivity index (χ4n) is 1.31. The molecular formula is C9H18N3P. The predicted molar refractivity (Wildman–Crippen MR) is 58.5 cm³/mol. The van der Waals surface area contributed by atoms with Crippen molar-refractivity contribution >= 4 is 9.39 Å². The summed E-state index contributed by atoms with van der Waals surface area (Å²) in [5, 5.41) is 0. The molecule has 0 aromatic carbocycles. The van der Waals surface area contributed by atoms with Gasteiger partial charge >= 0.3 is 0 Å². The van der Waals surface area contributed by atoms with E-state index in [4.69, 9.17) is 0 Å². The molecule has 0 spiro atoms. The molecule has 2 unspecified atom stereocenters. The molecule has 1 aromatic rings. The second-order valence-electron chi connectivity index (χ2n) is 3.37. The minimum Gasteiger partial charge on any atom is -0.348 e. The van der Waals surface area contributed by atoms with E-state index in [2.05, 4.69) is 37.9 Å². The van der Waals surface area contributed by atoms with Gasteiger partial charge in [-0.3, -0.25) is 4.67 Å². The van der Waals surface area contributed by atoms with Crippen LogP contribution in [-0.2, 0) is 6.42 Å². The summed E-state index contributed by atoms with van der Waals surface area (Å²) < 4.78 is 2.29. The number of nitrogens with zero attached hydrogens (tertiary/aromatic N) is 2. The molecule has 0 amide bonds. The van der Waals surface area contributed by atoms with E-state index in [1.165, 1.54) is 12.1 Å². The smallest absolute Gasteiger partial charge is 0.0921 e. The summed E-state index contributed by atoms with van der Waals surface area (Å²) in [7, 11) is 2.78. The molecule has 74 valence electrons. The Morgan fingerprint density at radius 2 is 2.46 bits per heavy atom. The monoisotopic (exact) mass is 199 g/mol. The van der Waals surface area contributed by atoms with Gasteiger partial charge in [0.1, 0.15) is 0 Å². The quantitative estimate of drug-likeness (QED) is 0.734. The molecule has 3 nitrogen and oxygen atoms in total. The molecule has 0 aliphatic rings. The van der Waals surface area contributed by atoms with Crippen molar-refractivity contribution in [2.24, 2.45) is 0 Å². The second-order valence-corrected chi connectivity index (χ2v) is 4.03. The van der Waals surface area contributed by atoms with Gasteiger partial charge in [-0.25, -0.2) is 4.98 Å². The summed E-state index contributed by atoms with van der Waals surface area (Å²) in [5.41, 5.74) is 1.20. The number of H-pyrrole nitrogens is 1. The van der Waals surface area contributed by atoms with Gasteiger partial charge in [-0.05, 0) is 13.3 Å². The van der Waals surface area contributed by atoms with E-state index in [1.54, 1.807) is 6.33 Å². The Bertz CT molecular complexity index is 223. The Kier molecular flexibility index (Phi) is 4.40. The topological polar surface area (TPSA) is 31.9 Å². The molecule has 1 rings (SSSR count). The van der Waals surface area contributed by atoms with Crippen molar-refractivity contribution in [1.29, 1.82) is 0 Å². The number of hydrogen-bond acceptors (Lipinski definition) is 2. The number of aromatic nitrogens is 2. The molecule has 0 saturated carbocycles. The summed E-state index contributed by atoms with van der Waals surface area (Å²) in [6, 6.07) is 0.547. The third-order valence-electron chi connectivity index (χ3n) is 2.12. The van der Waals surface area contributed by atoms with Crippen LogP contribution in [0, 0.1) is 0 Å². The van der Waals surface area contributed by atoms with Gasteiger partial charge in [0.05, 0.1) is 6.33 Å². The first-order chi connectivity index (χ1) is 6.24. The third kappa shape index (κ3) is 3.45. The minimum atomic E-state index is 0.547. The van der Waals surface area contributed by atoms with Gasteiger partial charge in [-0.15, -0.1) is 0 Å². The van der Waals surface area contributed by atoms with Crippen molar-refractivity contribution in [2.75, 3.05) is 6.54 Å². The van der Waals surface area contributed by atoms with Gasteiger partial charge in [0, 0.05) is 30.9 Å². The highest BCUT2D eigenvalue weighted by molar-refractivity contribution is 7.13. The molecule has 4 heteroatoms. The fourth-order valence-corrected chi connectivity index (χ4v) is 1.67. The summed E-state index contributed by atoms with van der Waals surface area (Å²) in [6.07, 6.45) is 5.84. The van der Waals surface area contributed by atoms with Gasteiger partial charge in [-0.1, -0.05) is 16.3 Å². The van der Waals surface area contributed by atoms with Gasteiger partial charge in [-0.2, -0.15) is 0 Å². The molecule has 1 heterocycles. The van der Waals surface area contributed by atoms with E-state index in [-0.39, 0.29) is 0 Å². The summed E-state index contributed by atoms with van der Waals surface area (Å²) >= 11 is 0. The lowest BCUT2D eigenvalue weighted by atomic mass is 10.2. The molecule has 0 bridgehead atoms. The number of nitrogens with one attached hydrogen (secondary N) is 1. The zero-order valence-electron chi connectivity index (χ0n) is 8.33. The van der Waals surface area contributed by atoms with Crippen LogP contribution in [0.1, 0.15) is 26.0 Å². The van der Waals surface area contributed by atoms with Gasteiger partial charge in [0.15, 0.2) is 0 Å². The lowest BCUT2D eigenvalue weighted by molar-refractivity contribution is 0.368. The van der Waals surface area contributed by atoms with Crippen LogP contribution in [0.4, 0.5) is 0 Å². The first kappa shape index (κ1) is 10.7. The maximum atomic E-state index is 4.00. The average Bonchev–Trinajstić information content (AvgIpc) is 2.57. The molecule has 1 N–H and O–H groups in total. The standard InChI is InChI=1S/C9H18N3P/c1-3-4-12(13)8(2)5-9-6-10-7-11-9/h6-8H,3-5,13H2,1-2H3,(H,10,11). The Hall–Kier alpha value is -0.400. The Balaban J connectivity index is 2.36. The zero-order chi connectivity index (χ0) is 9.68. The van der Waals surface area contributed by atoms with Gasteiger partial charge in [0.2, 0.25) is 0 Å². The second kappa shape index (κ2) is 5.36. The lowest BCUT2D eigenvalue weighted by Gasteiger charge is -2.22.